The molecule has 0 amide bonds. The van der Waals surface area contributed by atoms with Gasteiger partial charge in [0.25, 0.3) is 0 Å². The van der Waals surface area contributed by atoms with Crippen molar-refractivity contribution in [3.05, 3.63) is 119 Å². The molecule has 0 saturated heterocycles. The number of carboxylic acids is 4. The Labute approximate surface area is 328 Å². The molecule has 0 aliphatic carbocycles. The number of nitrogens with zero attached hydrogens (tertiary/aromatic N) is 6. The normalized spacial score (nSPS) is 11.6. The van der Waals surface area contributed by atoms with E-state index in [0.717, 1.165) is 10.8 Å². The Morgan fingerprint density at radius 3 is 1.32 bits per heavy atom. The van der Waals surface area contributed by atoms with E-state index in [-0.39, 0.29) is 28.3 Å². The van der Waals surface area contributed by atoms with Gasteiger partial charge < -0.3 is 35.1 Å². The lowest BCUT2D eigenvalue weighted by Gasteiger charge is -2.15. The standard InChI is InChI=1S/C42H22N8O9/c51-39(52)24-16-26(29(41(55)56)30(42(57)58)28(24)40(53)54)59-25-15-7-14-23-27(25)38-49-36-22-13-6-5-12-21(22)34(47-36)45-32-18-9-2-1-8-17(18)31(43-32)44-33-19-10-3-4-11-20(19)35(46-33)48-37(23)50-38/h1-16H,(H,51,52)(H,53,54)(H,55,56)(H,57,58)(H2,43,44,45,46,47,48,49,50). The molecule has 59 heavy (non-hydrogen) atoms. The summed E-state index contributed by atoms with van der Waals surface area (Å²) in [7, 11) is 0. The Balaban J connectivity index is 1.33. The first kappa shape index (κ1) is 34.6. The maximum Gasteiger partial charge on any atom is 0.340 e. The lowest BCUT2D eigenvalue weighted by molar-refractivity contribution is 0.0617. The predicted molar refractivity (Wildman–Crippen MR) is 210 cm³/mol. The first-order chi connectivity index (χ1) is 28.5. The van der Waals surface area contributed by atoms with E-state index >= 15 is 0 Å². The van der Waals surface area contributed by atoms with Gasteiger partial charge in [-0.15, -0.1) is 0 Å². The average molecular weight is 783 g/mol. The van der Waals surface area contributed by atoms with Gasteiger partial charge in [-0.25, -0.2) is 49.1 Å². The minimum Gasteiger partial charge on any atom is -0.478 e. The number of rotatable bonds is 6. The van der Waals surface area contributed by atoms with Crippen LogP contribution in [0.1, 0.15) is 41.4 Å². The number of benzene rings is 5. The summed E-state index contributed by atoms with van der Waals surface area (Å²) in [6.45, 7) is 0. The fraction of sp³-hybridized carbons (Fsp3) is 0. The van der Waals surface area contributed by atoms with E-state index in [1.54, 1.807) is 12.1 Å². The smallest absolute Gasteiger partial charge is 0.340 e. The third kappa shape index (κ3) is 5.40. The maximum absolute atomic E-state index is 12.6. The highest BCUT2D eigenvalue weighted by Crippen LogP contribution is 2.41. The molecule has 2 aliphatic heterocycles. The number of ether oxygens (including phenoxy) is 1. The van der Waals surface area contributed by atoms with Crippen molar-refractivity contribution in [1.82, 2.24) is 39.9 Å². The van der Waals surface area contributed by atoms with Crippen LogP contribution < -0.4 is 4.74 Å². The Hall–Kier alpha value is -8.86. The van der Waals surface area contributed by atoms with Crippen molar-refractivity contribution in [2.24, 2.45) is 0 Å². The Bertz CT molecular complexity index is 3410. The predicted octanol–water partition coefficient (Wildman–Crippen LogP) is 7.45. The van der Waals surface area contributed by atoms with E-state index in [0.29, 0.717) is 62.5 Å². The Morgan fingerprint density at radius 2 is 0.847 bits per heavy atom. The van der Waals surface area contributed by atoms with E-state index in [1.807, 2.05) is 72.8 Å². The van der Waals surface area contributed by atoms with E-state index in [1.165, 1.54) is 6.07 Å². The van der Waals surface area contributed by atoms with Gasteiger partial charge in [-0.2, -0.15) is 0 Å². The lowest BCUT2D eigenvalue weighted by atomic mass is 9.94. The highest BCUT2D eigenvalue weighted by atomic mass is 16.5. The van der Waals surface area contributed by atoms with E-state index in [2.05, 4.69) is 9.97 Å². The summed E-state index contributed by atoms with van der Waals surface area (Å²) in [6, 6.07) is 27.7. The first-order valence-corrected chi connectivity index (χ1v) is 17.6. The number of carboxylic acid groups (broad SMARTS) is 4. The molecular weight excluding hydrogens is 761 g/mol. The molecule has 8 bridgehead atoms. The van der Waals surface area contributed by atoms with E-state index in [9.17, 15) is 39.6 Å². The largest absolute Gasteiger partial charge is 0.478 e. The maximum atomic E-state index is 12.6. The van der Waals surface area contributed by atoms with Crippen LogP contribution in [-0.2, 0) is 0 Å². The van der Waals surface area contributed by atoms with E-state index in [4.69, 9.17) is 34.6 Å². The van der Waals surface area contributed by atoms with Crippen LogP contribution >= 0.6 is 0 Å². The van der Waals surface area contributed by atoms with Crippen LogP contribution in [0.15, 0.2) is 97.1 Å². The second kappa shape index (κ2) is 12.8. The Kier molecular flexibility index (Phi) is 7.54. The summed E-state index contributed by atoms with van der Waals surface area (Å²) in [5.41, 5.74) is -0.559. The highest BCUT2D eigenvalue weighted by Gasteiger charge is 2.34. The lowest BCUT2D eigenvalue weighted by Crippen LogP contribution is -2.20. The van der Waals surface area contributed by atoms with Crippen molar-refractivity contribution in [3.8, 4) is 57.1 Å². The molecule has 17 heteroatoms. The van der Waals surface area contributed by atoms with Gasteiger partial charge in [-0.05, 0) is 12.1 Å². The van der Waals surface area contributed by atoms with Gasteiger partial charge in [0.1, 0.15) is 39.7 Å². The molecule has 5 heterocycles. The fourth-order valence-electron chi connectivity index (χ4n) is 7.42. The van der Waals surface area contributed by atoms with Crippen LogP contribution in [0.5, 0.6) is 11.5 Å². The second-order valence-electron chi connectivity index (χ2n) is 13.3. The van der Waals surface area contributed by atoms with E-state index < -0.39 is 51.9 Å². The van der Waals surface area contributed by atoms with Gasteiger partial charge in [-0.1, -0.05) is 84.9 Å². The van der Waals surface area contributed by atoms with Gasteiger partial charge >= 0.3 is 23.9 Å². The first-order valence-electron chi connectivity index (χ1n) is 17.6. The molecule has 2 aliphatic rings. The number of aromatic nitrogens is 8. The number of fused-ring (bicyclic) bond motifs is 20. The monoisotopic (exact) mass is 782 g/mol. The van der Waals surface area contributed by atoms with Crippen molar-refractivity contribution in [3.63, 3.8) is 0 Å². The number of carbonyl (C=O) groups is 4. The second-order valence-corrected chi connectivity index (χ2v) is 13.3. The highest BCUT2D eigenvalue weighted by molar-refractivity contribution is 6.15. The zero-order valence-corrected chi connectivity index (χ0v) is 29.8. The van der Waals surface area contributed by atoms with Crippen LogP contribution in [0.4, 0.5) is 0 Å². The molecule has 284 valence electrons. The molecule has 17 nitrogen and oxygen atoms in total. The minimum absolute atomic E-state index is 0.112. The van der Waals surface area contributed by atoms with Crippen LogP contribution in [0, 0.1) is 0 Å². The number of aromatic amines is 2. The topological polar surface area (TPSA) is 267 Å². The summed E-state index contributed by atoms with van der Waals surface area (Å²) in [4.78, 5) is 85.6. The van der Waals surface area contributed by atoms with Crippen molar-refractivity contribution >= 4 is 68.0 Å². The Morgan fingerprint density at radius 1 is 0.424 bits per heavy atom. The number of aromatic carboxylic acids is 4. The quantitative estimate of drug-likeness (QED) is 0.0956. The zero-order chi connectivity index (χ0) is 40.7. The SMILES string of the molecule is O=C(O)c1cc(Oc2cccc3c4nc5nc(nc6[nH]c(nc7nc(nc([nH]4)c23)-c2ccccc2-7)c2ccccc62)-c2ccccc2-5)c(C(=O)O)c(C(=O)O)c1C(=O)O. The van der Waals surface area contributed by atoms with Gasteiger partial charge in [-0.3, -0.25) is 0 Å². The summed E-state index contributed by atoms with van der Waals surface area (Å²) in [5.74, 6) is -7.28. The van der Waals surface area contributed by atoms with Crippen molar-refractivity contribution in [2.45, 2.75) is 0 Å². The van der Waals surface area contributed by atoms with Gasteiger partial charge in [0.15, 0.2) is 23.3 Å². The van der Waals surface area contributed by atoms with Crippen LogP contribution in [0.25, 0.3) is 89.7 Å². The molecule has 0 fully saturated rings. The molecule has 10 rings (SSSR count). The van der Waals surface area contributed by atoms with Crippen LogP contribution in [0.3, 0.4) is 0 Å². The third-order valence-corrected chi connectivity index (χ3v) is 9.92. The molecule has 0 unspecified atom stereocenters. The minimum atomic E-state index is -1.99. The van der Waals surface area contributed by atoms with Gasteiger partial charge in [0, 0.05) is 38.4 Å². The summed E-state index contributed by atoms with van der Waals surface area (Å²) >= 11 is 0. The molecular formula is C42H22N8O9. The third-order valence-electron chi connectivity index (χ3n) is 9.92. The van der Waals surface area contributed by atoms with Crippen molar-refractivity contribution in [1.29, 1.82) is 0 Å². The molecule has 5 aromatic carbocycles. The van der Waals surface area contributed by atoms with Crippen LogP contribution in [-0.4, -0.2) is 84.2 Å². The number of H-pyrrole nitrogens is 2. The molecule has 0 radical (unpaired) electrons. The van der Waals surface area contributed by atoms with Gasteiger partial charge in [0.05, 0.1) is 22.1 Å². The van der Waals surface area contributed by atoms with Gasteiger partial charge in [0.2, 0.25) is 0 Å². The molecule has 6 N–H and O–H groups in total. The summed E-state index contributed by atoms with van der Waals surface area (Å²) in [5, 5.41) is 42.2. The molecule has 0 saturated carbocycles. The van der Waals surface area contributed by atoms with Crippen molar-refractivity contribution in [2.75, 3.05) is 0 Å². The fourth-order valence-corrected chi connectivity index (χ4v) is 7.42. The average Bonchev–Trinajstić information content (AvgIpc) is 3.96. The molecule has 0 atom stereocenters. The zero-order valence-electron chi connectivity index (χ0n) is 29.8. The molecule has 8 aromatic rings. The summed E-state index contributed by atoms with van der Waals surface area (Å²) < 4.78 is 6.13. The van der Waals surface area contributed by atoms with Crippen LogP contribution in [0.2, 0.25) is 0 Å². The molecule has 0 spiro atoms. The number of hydrogen-bond acceptors (Lipinski definition) is 11. The number of nitrogens with one attached hydrogen (secondary N) is 2. The number of hydrogen-bond donors (Lipinski definition) is 6. The summed E-state index contributed by atoms with van der Waals surface area (Å²) in [6.07, 6.45) is 0. The molecule has 3 aromatic heterocycles. The van der Waals surface area contributed by atoms with Crippen molar-refractivity contribution < 1.29 is 44.3 Å².